The van der Waals surface area contributed by atoms with Crippen LogP contribution in [0.25, 0.3) is 0 Å². The Bertz CT molecular complexity index is 422. The Morgan fingerprint density at radius 3 is 3.00 bits per heavy atom. The smallest absolute Gasteiger partial charge is 0.0418 e. The maximum Gasteiger partial charge on any atom is 0.0418 e. The molecule has 3 heteroatoms. The molecular formula is C16H25N3. The molecule has 1 saturated heterocycles. The number of hydrogen-bond acceptors (Lipinski definition) is 3. The highest BCUT2D eigenvalue weighted by Gasteiger charge is 2.17. The monoisotopic (exact) mass is 259 g/mol. The van der Waals surface area contributed by atoms with Crippen molar-refractivity contribution in [2.45, 2.75) is 38.3 Å². The average molecular weight is 259 g/mol. The second-order valence-corrected chi connectivity index (χ2v) is 5.94. The van der Waals surface area contributed by atoms with E-state index in [-0.39, 0.29) is 0 Å². The normalized spacial score (nSPS) is 20.9. The largest absolute Gasteiger partial charge is 0.385 e. The van der Waals surface area contributed by atoms with E-state index in [1.807, 2.05) is 0 Å². The number of nitrogens with zero attached hydrogens (tertiary/aromatic N) is 1. The van der Waals surface area contributed by atoms with Crippen molar-refractivity contribution in [2.75, 3.05) is 32.0 Å². The Hall–Kier alpha value is -1.06. The Balaban J connectivity index is 1.61. The Labute approximate surface area is 116 Å². The molecule has 0 aromatic heterocycles. The molecule has 0 unspecified atom stereocenters. The minimum Gasteiger partial charge on any atom is -0.385 e. The molecule has 1 aromatic rings. The van der Waals surface area contributed by atoms with Crippen LogP contribution in [0.5, 0.6) is 0 Å². The number of para-hydroxylation sites is 1. The number of fused-ring (bicyclic) bond motifs is 1. The standard InChI is InChI=1S/C16H25N3/c1-19-10-7-15(8-11-19)18-12-14-5-2-4-13-6-3-9-17-16(13)14/h2,4-5,15,17-18H,3,6-12H2,1H3. The number of benzene rings is 1. The van der Waals surface area contributed by atoms with Crippen molar-refractivity contribution < 1.29 is 0 Å². The summed E-state index contributed by atoms with van der Waals surface area (Å²) in [6.45, 7) is 4.58. The molecule has 19 heavy (non-hydrogen) atoms. The molecule has 0 spiro atoms. The first-order valence-corrected chi connectivity index (χ1v) is 7.59. The predicted octanol–water partition coefficient (Wildman–Crippen LogP) is 2.23. The molecule has 104 valence electrons. The number of hydrogen-bond donors (Lipinski definition) is 2. The molecule has 0 radical (unpaired) electrons. The summed E-state index contributed by atoms with van der Waals surface area (Å²) in [4.78, 5) is 2.42. The number of rotatable bonds is 3. The SMILES string of the molecule is CN1CCC(NCc2cccc3c2NCCC3)CC1. The van der Waals surface area contributed by atoms with Crippen LogP contribution in [0.4, 0.5) is 5.69 Å². The Kier molecular flexibility index (Phi) is 4.04. The summed E-state index contributed by atoms with van der Waals surface area (Å²) in [5, 5.41) is 7.32. The highest BCUT2D eigenvalue weighted by Crippen LogP contribution is 2.26. The lowest BCUT2D eigenvalue weighted by Gasteiger charge is -2.30. The molecular weight excluding hydrogens is 234 g/mol. The van der Waals surface area contributed by atoms with E-state index in [0.29, 0.717) is 6.04 Å². The molecule has 0 bridgehead atoms. The molecule has 1 fully saturated rings. The Morgan fingerprint density at radius 2 is 2.16 bits per heavy atom. The second kappa shape index (κ2) is 5.93. The summed E-state index contributed by atoms with van der Waals surface area (Å²) < 4.78 is 0. The summed E-state index contributed by atoms with van der Waals surface area (Å²) in [5.41, 5.74) is 4.33. The lowest BCUT2D eigenvalue weighted by Crippen LogP contribution is -2.40. The van der Waals surface area contributed by atoms with E-state index in [4.69, 9.17) is 0 Å². The maximum absolute atomic E-state index is 3.74. The van der Waals surface area contributed by atoms with Gasteiger partial charge in [-0.1, -0.05) is 18.2 Å². The summed E-state index contributed by atoms with van der Waals surface area (Å²) in [6.07, 6.45) is 5.04. The van der Waals surface area contributed by atoms with Crippen LogP contribution in [0, 0.1) is 0 Å². The van der Waals surface area contributed by atoms with Crippen LogP contribution in [0.15, 0.2) is 18.2 Å². The van der Waals surface area contributed by atoms with Gasteiger partial charge in [-0.05, 0) is 56.9 Å². The minimum absolute atomic E-state index is 0.690. The number of nitrogens with one attached hydrogen (secondary N) is 2. The first-order valence-electron chi connectivity index (χ1n) is 7.59. The van der Waals surface area contributed by atoms with Gasteiger partial charge in [0.2, 0.25) is 0 Å². The van der Waals surface area contributed by atoms with Crippen LogP contribution in [0.3, 0.4) is 0 Å². The number of anilines is 1. The third-order valence-corrected chi connectivity index (χ3v) is 4.46. The zero-order valence-corrected chi connectivity index (χ0v) is 11.9. The van der Waals surface area contributed by atoms with Crippen molar-refractivity contribution in [2.24, 2.45) is 0 Å². The van der Waals surface area contributed by atoms with Gasteiger partial charge in [0.1, 0.15) is 0 Å². The zero-order valence-electron chi connectivity index (χ0n) is 11.9. The molecule has 0 saturated carbocycles. The number of likely N-dealkylation sites (tertiary alicyclic amines) is 1. The van der Waals surface area contributed by atoms with Gasteiger partial charge in [0.25, 0.3) is 0 Å². The quantitative estimate of drug-likeness (QED) is 0.871. The fourth-order valence-electron chi connectivity index (χ4n) is 3.20. The van der Waals surface area contributed by atoms with Gasteiger partial charge in [0.15, 0.2) is 0 Å². The summed E-state index contributed by atoms with van der Waals surface area (Å²) in [6, 6.07) is 7.42. The van der Waals surface area contributed by atoms with Crippen molar-refractivity contribution >= 4 is 5.69 Å². The van der Waals surface area contributed by atoms with Gasteiger partial charge in [0.05, 0.1) is 0 Å². The molecule has 2 aliphatic heterocycles. The Morgan fingerprint density at radius 1 is 1.32 bits per heavy atom. The minimum atomic E-state index is 0.690. The van der Waals surface area contributed by atoms with Gasteiger partial charge in [-0.25, -0.2) is 0 Å². The van der Waals surface area contributed by atoms with Gasteiger partial charge < -0.3 is 15.5 Å². The predicted molar refractivity (Wildman–Crippen MR) is 80.6 cm³/mol. The van der Waals surface area contributed by atoms with Crippen molar-refractivity contribution in [1.82, 2.24) is 10.2 Å². The fraction of sp³-hybridized carbons (Fsp3) is 0.625. The van der Waals surface area contributed by atoms with Crippen molar-refractivity contribution in [3.05, 3.63) is 29.3 Å². The van der Waals surface area contributed by atoms with E-state index in [1.165, 1.54) is 55.6 Å². The van der Waals surface area contributed by atoms with E-state index in [9.17, 15) is 0 Å². The van der Waals surface area contributed by atoms with E-state index in [2.05, 4.69) is 40.8 Å². The zero-order chi connectivity index (χ0) is 13.1. The van der Waals surface area contributed by atoms with E-state index in [0.717, 1.165) is 13.1 Å². The van der Waals surface area contributed by atoms with Crippen molar-refractivity contribution in [3.63, 3.8) is 0 Å². The lowest BCUT2D eigenvalue weighted by molar-refractivity contribution is 0.234. The molecule has 2 heterocycles. The van der Waals surface area contributed by atoms with Gasteiger partial charge in [-0.2, -0.15) is 0 Å². The van der Waals surface area contributed by atoms with E-state index < -0.39 is 0 Å². The first-order chi connectivity index (χ1) is 9.33. The van der Waals surface area contributed by atoms with Gasteiger partial charge in [-0.3, -0.25) is 0 Å². The third-order valence-electron chi connectivity index (χ3n) is 4.46. The van der Waals surface area contributed by atoms with Gasteiger partial charge >= 0.3 is 0 Å². The van der Waals surface area contributed by atoms with Crippen LogP contribution < -0.4 is 10.6 Å². The average Bonchev–Trinajstić information content (AvgIpc) is 2.47. The molecule has 0 aliphatic carbocycles. The van der Waals surface area contributed by atoms with Crippen LogP contribution >= 0.6 is 0 Å². The van der Waals surface area contributed by atoms with Crippen LogP contribution in [0.2, 0.25) is 0 Å². The number of aryl methyl sites for hydroxylation is 1. The van der Waals surface area contributed by atoms with Gasteiger partial charge in [0, 0.05) is 24.8 Å². The maximum atomic E-state index is 3.74. The number of piperidine rings is 1. The second-order valence-electron chi connectivity index (χ2n) is 5.94. The van der Waals surface area contributed by atoms with Gasteiger partial charge in [-0.15, -0.1) is 0 Å². The summed E-state index contributed by atoms with van der Waals surface area (Å²) in [5.74, 6) is 0. The third kappa shape index (κ3) is 3.10. The molecule has 1 aromatic carbocycles. The van der Waals surface area contributed by atoms with E-state index >= 15 is 0 Å². The molecule has 3 nitrogen and oxygen atoms in total. The molecule has 2 N–H and O–H groups in total. The van der Waals surface area contributed by atoms with E-state index in [1.54, 1.807) is 0 Å². The first kappa shape index (κ1) is 12.9. The van der Waals surface area contributed by atoms with Crippen LogP contribution in [0.1, 0.15) is 30.4 Å². The van der Waals surface area contributed by atoms with Crippen molar-refractivity contribution in [1.29, 1.82) is 0 Å². The molecule has 3 rings (SSSR count). The van der Waals surface area contributed by atoms with Crippen LogP contribution in [-0.4, -0.2) is 37.6 Å². The highest BCUT2D eigenvalue weighted by molar-refractivity contribution is 5.59. The summed E-state index contributed by atoms with van der Waals surface area (Å²) in [7, 11) is 2.22. The highest BCUT2D eigenvalue weighted by atomic mass is 15.1. The molecule has 0 atom stereocenters. The van der Waals surface area contributed by atoms with Crippen LogP contribution in [-0.2, 0) is 13.0 Å². The topological polar surface area (TPSA) is 27.3 Å². The molecule has 0 amide bonds. The molecule has 2 aliphatic rings. The van der Waals surface area contributed by atoms with Crippen molar-refractivity contribution in [3.8, 4) is 0 Å². The lowest BCUT2D eigenvalue weighted by atomic mass is 9.98. The fourth-order valence-corrected chi connectivity index (χ4v) is 3.20. The summed E-state index contributed by atoms with van der Waals surface area (Å²) >= 11 is 0.